The monoisotopic (exact) mass is 295 g/mol. The molecular weight excluding hydrogens is 274 g/mol. The number of carbonyl (C=O) groups is 2. The molecule has 0 aromatic carbocycles. The molecule has 0 fully saturated rings. The van der Waals surface area contributed by atoms with Crippen LogP contribution in [0.1, 0.15) is 34.6 Å². The molecule has 0 aliphatic rings. The smallest absolute Gasteiger partial charge is 0.422 e. The Bertz CT molecular complexity index is 280. The number of carbonyl (C=O) groups excluding carboxylic acids is 2. The van der Waals surface area contributed by atoms with Crippen molar-refractivity contribution in [3.05, 3.63) is 0 Å². The summed E-state index contributed by atoms with van der Waals surface area (Å²) in [5.41, 5.74) is 0. The van der Waals surface area contributed by atoms with Crippen LogP contribution in [0.5, 0.6) is 0 Å². The first kappa shape index (κ1) is 17.4. The number of esters is 1. The quantitative estimate of drug-likeness (QED) is 0.409. The van der Waals surface area contributed by atoms with Crippen LogP contribution in [0.3, 0.4) is 0 Å². The first-order valence-corrected chi connectivity index (χ1v) is 7.94. The lowest BCUT2D eigenvalue weighted by molar-refractivity contribution is -0.145. The van der Waals surface area contributed by atoms with E-state index in [1.807, 2.05) is 13.8 Å². The lowest BCUT2D eigenvalue weighted by atomic mass is 10.2. The van der Waals surface area contributed by atoms with Crippen LogP contribution in [0.4, 0.5) is 4.79 Å². The molecule has 0 aliphatic heterocycles. The third-order valence-corrected chi connectivity index (χ3v) is 4.66. The van der Waals surface area contributed by atoms with Crippen LogP contribution >= 0.6 is 21.9 Å². The van der Waals surface area contributed by atoms with E-state index < -0.39 is 10.8 Å². The lowest BCUT2D eigenvalue weighted by Crippen LogP contribution is -2.31. The highest BCUT2D eigenvalue weighted by molar-refractivity contribution is 8.75. The van der Waals surface area contributed by atoms with Crippen molar-refractivity contribution in [2.45, 2.75) is 39.4 Å². The van der Waals surface area contributed by atoms with Crippen LogP contribution < -0.4 is 0 Å². The van der Waals surface area contributed by atoms with Gasteiger partial charge in [-0.3, -0.25) is 4.79 Å². The van der Waals surface area contributed by atoms with Crippen molar-refractivity contribution in [3.8, 4) is 0 Å². The Hall–Kier alpha value is -0.560. The van der Waals surface area contributed by atoms with Crippen LogP contribution in [-0.4, -0.2) is 41.4 Å². The van der Waals surface area contributed by atoms with Gasteiger partial charge in [0.05, 0.1) is 6.61 Å². The second-order valence-corrected chi connectivity index (χ2v) is 6.30. The molecule has 0 atom stereocenters. The van der Waals surface area contributed by atoms with Gasteiger partial charge in [-0.15, -0.1) is 0 Å². The van der Waals surface area contributed by atoms with Gasteiger partial charge >= 0.3 is 12.1 Å². The summed E-state index contributed by atoms with van der Waals surface area (Å²) in [7, 11) is 1.17. The Morgan fingerprint density at radius 3 is 2.17 bits per heavy atom. The van der Waals surface area contributed by atoms with Crippen LogP contribution in [0.2, 0.25) is 0 Å². The summed E-state index contributed by atoms with van der Waals surface area (Å²) in [5.74, 6) is -0.318. The molecule has 0 aliphatic carbocycles. The molecule has 7 heteroatoms. The van der Waals surface area contributed by atoms with E-state index in [2.05, 4.69) is 0 Å². The molecule has 0 aromatic heterocycles. The molecule has 106 valence electrons. The van der Waals surface area contributed by atoms with E-state index >= 15 is 0 Å². The second kappa shape index (κ2) is 8.53. The summed E-state index contributed by atoms with van der Waals surface area (Å²) in [6, 6.07) is 0. The second-order valence-electron chi connectivity index (χ2n) is 3.90. The first-order chi connectivity index (χ1) is 8.38. The zero-order valence-corrected chi connectivity index (χ0v) is 13.2. The zero-order chi connectivity index (χ0) is 14.2. The standard InChI is InChI=1S/C11H21NO4S2/c1-6-12(7-2)10(14)16-18-17-11(4,5)9(13)15-8-3/h6-8H2,1-5H3. The van der Waals surface area contributed by atoms with E-state index in [4.69, 9.17) is 8.92 Å². The van der Waals surface area contributed by atoms with Gasteiger partial charge in [-0.1, -0.05) is 0 Å². The largest absolute Gasteiger partial charge is 0.465 e. The molecule has 0 unspecified atom stereocenters. The fraction of sp³-hybridized carbons (Fsp3) is 0.818. The Kier molecular flexibility index (Phi) is 8.26. The van der Waals surface area contributed by atoms with Crippen molar-refractivity contribution in [2.75, 3.05) is 19.7 Å². The van der Waals surface area contributed by atoms with Crippen molar-refractivity contribution < 1.29 is 18.5 Å². The molecule has 0 heterocycles. The van der Waals surface area contributed by atoms with Crippen LogP contribution in [0, 0.1) is 0 Å². The van der Waals surface area contributed by atoms with E-state index in [0.29, 0.717) is 19.7 Å². The molecule has 0 rings (SSSR count). The molecule has 1 amide bonds. The zero-order valence-electron chi connectivity index (χ0n) is 11.5. The predicted molar refractivity (Wildman–Crippen MR) is 75.3 cm³/mol. The number of rotatable bonds is 7. The molecule has 0 spiro atoms. The first-order valence-electron chi connectivity index (χ1n) is 5.87. The van der Waals surface area contributed by atoms with Gasteiger partial charge in [0.1, 0.15) is 15.8 Å². The summed E-state index contributed by atoms with van der Waals surface area (Å²) < 4.78 is 9.19. The van der Waals surface area contributed by atoms with E-state index in [9.17, 15) is 9.59 Å². The number of amides is 1. The molecule has 0 saturated carbocycles. The highest BCUT2D eigenvalue weighted by atomic mass is 33.1. The molecular formula is C11H21NO4S2. The normalized spacial score (nSPS) is 10.9. The number of nitrogens with zero attached hydrogens (tertiary/aromatic N) is 1. The fourth-order valence-corrected chi connectivity index (χ4v) is 2.49. The molecule has 5 nitrogen and oxygen atoms in total. The SMILES string of the molecule is CCOC(=O)C(C)(C)SSOC(=O)N(CC)CC. The minimum Gasteiger partial charge on any atom is -0.465 e. The average molecular weight is 295 g/mol. The molecule has 0 N–H and O–H groups in total. The van der Waals surface area contributed by atoms with E-state index in [-0.39, 0.29) is 5.97 Å². The lowest BCUT2D eigenvalue weighted by Gasteiger charge is -2.21. The van der Waals surface area contributed by atoms with E-state index in [1.54, 1.807) is 25.7 Å². The van der Waals surface area contributed by atoms with Crippen LogP contribution in [0.25, 0.3) is 0 Å². The van der Waals surface area contributed by atoms with Crippen molar-refractivity contribution >= 4 is 33.9 Å². The fourth-order valence-electron chi connectivity index (χ4n) is 1.00. The van der Waals surface area contributed by atoms with E-state index in [0.717, 1.165) is 11.1 Å². The summed E-state index contributed by atoms with van der Waals surface area (Å²) >= 11 is 0.906. The maximum Gasteiger partial charge on any atom is 0.422 e. The van der Waals surface area contributed by atoms with Crippen LogP contribution in [-0.2, 0) is 13.7 Å². The Morgan fingerprint density at radius 1 is 1.17 bits per heavy atom. The summed E-state index contributed by atoms with van der Waals surface area (Å²) in [5, 5.41) is 0. The van der Waals surface area contributed by atoms with Crippen molar-refractivity contribution in [1.29, 1.82) is 0 Å². The molecule has 0 bridgehead atoms. The van der Waals surface area contributed by atoms with Gasteiger partial charge in [0.15, 0.2) is 0 Å². The van der Waals surface area contributed by atoms with Crippen molar-refractivity contribution in [3.63, 3.8) is 0 Å². The van der Waals surface area contributed by atoms with Gasteiger partial charge in [-0.2, -0.15) is 0 Å². The molecule has 0 saturated heterocycles. The van der Waals surface area contributed by atoms with Gasteiger partial charge in [0.25, 0.3) is 0 Å². The summed E-state index contributed by atoms with van der Waals surface area (Å²) in [6.45, 7) is 10.5. The topological polar surface area (TPSA) is 55.8 Å². The highest BCUT2D eigenvalue weighted by Crippen LogP contribution is 2.37. The number of hydrogen-bond acceptors (Lipinski definition) is 6. The molecule has 18 heavy (non-hydrogen) atoms. The Labute approximate surface area is 117 Å². The average Bonchev–Trinajstić information content (AvgIpc) is 2.30. The minimum atomic E-state index is -0.746. The van der Waals surface area contributed by atoms with Gasteiger partial charge in [0.2, 0.25) is 0 Å². The van der Waals surface area contributed by atoms with E-state index in [1.165, 1.54) is 10.8 Å². The summed E-state index contributed by atoms with van der Waals surface area (Å²) in [4.78, 5) is 24.7. The number of ether oxygens (including phenoxy) is 1. The maximum atomic E-state index is 11.6. The third kappa shape index (κ3) is 5.86. The van der Waals surface area contributed by atoms with Gasteiger partial charge in [-0.05, 0) is 45.4 Å². The Morgan fingerprint density at radius 2 is 1.72 bits per heavy atom. The Balaban J connectivity index is 4.10. The highest BCUT2D eigenvalue weighted by Gasteiger charge is 2.31. The summed E-state index contributed by atoms with van der Waals surface area (Å²) in [6.07, 6.45) is -0.392. The van der Waals surface area contributed by atoms with Gasteiger partial charge < -0.3 is 13.8 Å². The molecule has 0 radical (unpaired) electrons. The molecule has 0 aromatic rings. The van der Waals surface area contributed by atoms with Gasteiger partial charge in [0, 0.05) is 13.1 Å². The minimum absolute atomic E-state index is 0.318. The number of hydrogen-bond donors (Lipinski definition) is 0. The predicted octanol–water partition coefficient (Wildman–Crippen LogP) is 3.10. The van der Waals surface area contributed by atoms with Crippen molar-refractivity contribution in [2.24, 2.45) is 0 Å². The van der Waals surface area contributed by atoms with Gasteiger partial charge in [-0.25, -0.2) is 4.79 Å². The maximum absolute atomic E-state index is 11.6. The third-order valence-electron chi connectivity index (χ3n) is 2.14. The van der Waals surface area contributed by atoms with Crippen LogP contribution in [0.15, 0.2) is 0 Å². The van der Waals surface area contributed by atoms with Crippen molar-refractivity contribution in [1.82, 2.24) is 4.90 Å².